The van der Waals surface area contributed by atoms with Crippen LogP contribution in [0.3, 0.4) is 0 Å². The average Bonchev–Trinajstić information content (AvgIpc) is 2.81. The smallest absolute Gasteiger partial charge is 0.307 e. The minimum Gasteiger partial charge on any atom is -0.307 e. The molecule has 0 saturated heterocycles. The molecular weight excluding hydrogens is 288 g/mol. The van der Waals surface area contributed by atoms with E-state index in [1.165, 1.54) is 0 Å². The summed E-state index contributed by atoms with van der Waals surface area (Å²) in [4.78, 5) is 12.0. The number of amides is 2. The molecule has 5 nitrogen and oxygen atoms in total. The van der Waals surface area contributed by atoms with Crippen LogP contribution in [0.5, 0.6) is 0 Å². The maximum atomic E-state index is 12.0. The molecule has 2 aromatic rings. The van der Waals surface area contributed by atoms with Crippen LogP contribution in [0.4, 0.5) is 16.2 Å². The van der Waals surface area contributed by atoms with Gasteiger partial charge in [0.05, 0.1) is 17.4 Å². The van der Waals surface area contributed by atoms with Crippen molar-refractivity contribution in [3.05, 3.63) is 41.2 Å². The minimum atomic E-state index is -0.311. The molecule has 0 aliphatic heterocycles. The van der Waals surface area contributed by atoms with Gasteiger partial charge in [0, 0.05) is 16.9 Å². The summed E-state index contributed by atoms with van der Waals surface area (Å²) in [6.07, 6.45) is 3.42. The molecule has 2 amide bonds. The summed E-state index contributed by atoms with van der Waals surface area (Å²) in [5.74, 6) is 0. The van der Waals surface area contributed by atoms with E-state index in [-0.39, 0.29) is 11.6 Å². The van der Waals surface area contributed by atoms with Gasteiger partial charge in [0.1, 0.15) is 0 Å². The zero-order valence-corrected chi connectivity index (χ0v) is 13.3. The molecule has 1 aromatic heterocycles. The second kappa shape index (κ2) is 5.77. The summed E-state index contributed by atoms with van der Waals surface area (Å²) in [5.41, 5.74) is 2.15. The second-order valence-electron chi connectivity index (χ2n) is 5.88. The van der Waals surface area contributed by atoms with E-state index in [1.807, 2.05) is 27.7 Å². The van der Waals surface area contributed by atoms with Gasteiger partial charge >= 0.3 is 6.03 Å². The normalized spacial score (nSPS) is 11.3. The molecule has 112 valence electrons. The topological polar surface area (TPSA) is 59.0 Å². The maximum Gasteiger partial charge on any atom is 0.323 e. The average molecular weight is 307 g/mol. The van der Waals surface area contributed by atoms with Crippen LogP contribution in [0, 0.1) is 6.92 Å². The summed E-state index contributed by atoms with van der Waals surface area (Å²) in [5, 5.41) is 10.4. The molecule has 0 spiro atoms. The fourth-order valence-electron chi connectivity index (χ4n) is 1.81. The summed E-state index contributed by atoms with van der Waals surface area (Å²) >= 11 is 5.89. The van der Waals surface area contributed by atoms with Gasteiger partial charge in [-0.1, -0.05) is 11.6 Å². The number of aryl methyl sites for hydroxylation is 1. The lowest BCUT2D eigenvalue weighted by molar-refractivity contribution is 0.262. The van der Waals surface area contributed by atoms with Gasteiger partial charge in [-0.2, -0.15) is 5.10 Å². The van der Waals surface area contributed by atoms with E-state index in [1.54, 1.807) is 35.3 Å². The van der Waals surface area contributed by atoms with Crippen molar-refractivity contribution in [1.29, 1.82) is 0 Å². The Balaban J connectivity index is 2.03. The number of nitrogens with one attached hydrogen (secondary N) is 2. The Morgan fingerprint density at radius 2 is 2.00 bits per heavy atom. The van der Waals surface area contributed by atoms with Gasteiger partial charge in [-0.3, -0.25) is 4.68 Å². The molecule has 0 aliphatic carbocycles. The van der Waals surface area contributed by atoms with Crippen LogP contribution >= 0.6 is 11.6 Å². The van der Waals surface area contributed by atoms with Crippen molar-refractivity contribution < 1.29 is 4.79 Å². The second-order valence-corrected chi connectivity index (χ2v) is 6.32. The summed E-state index contributed by atoms with van der Waals surface area (Å²) in [7, 11) is 0. The van der Waals surface area contributed by atoms with Crippen molar-refractivity contribution in [2.75, 3.05) is 10.6 Å². The first-order valence-corrected chi connectivity index (χ1v) is 7.03. The Labute approximate surface area is 129 Å². The van der Waals surface area contributed by atoms with Gasteiger partial charge in [0.25, 0.3) is 0 Å². The lowest BCUT2D eigenvalue weighted by Gasteiger charge is -2.18. The van der Waals surface area contributed by atoms with E-state index in [0.29, 0.717) is 10.7 Å². The standard InChI is InChI=1S/C15H19ClN4O/c1-10-7-11(16)5-6-13(10)19-14(21)18-12-8-17-20(9-12)15(2,3)4/h5-9H,1-4H3,(H2,18,19,21). The number of benzene rings is 1. The van der Waals surface area contributed by atoms with Crippen LogP contribution < -0.4 is 10.6 Å². The Morgan fingerprint density at radius 3 is 2.57 bits per heavy atom. The highest BCUT2D eigenvalue weighted by Crippen LogP contribution is 2.20. The molecule has 0 bridgehead atoms. The summed E-state index contributed by atoms with van der Waals surface area (Å²) in [6, 6.07) is 5.00. The number of aromatic nitrogens is 2. The highest BCUT2D eigenvalue weighted by atomic mass is 35.5. The van der Waals surface area contributed by atoms with Crippen LogP contribution in [0.2, 0.25) is 5.02 Å². The first-order valence-electron chi connectivity index (χ1n) is 6.65. The van der Waals surface area contributed by atoms with Crippen LogP contribution in [0.25, 0.3) is 0 Å². The largest absolute Gasteiger partial charge is 0.323 e. The molecule has 1 aromatic carbocycles. The molecule has 6 heteroatoms. The third kappa shape index (κ3) is 3.98. The van der Waals surface area contributed by atoms with Gasteiger partial charge in [-0.25, -0.2) is 4.79 Å². The highest BCUT2D eigenvalue weighted by molar-refractivity contribution is 6.30. The molecule has 0 aliphatic rings. The molecule has 2 N–H and O–H groups in total. The zero-order chi connectivity index (χ0) is 15.6. The quantitative estimate of drug-likeness (QED) is 0.871. The number of rotatable bonds is 2. The monoisotopic (exact) mass is 306 g/mol. The van der Waals surface area contributed by atoms with Gasteiger partial charge in [-0.05, 0) is 51.5 Å². The predicted molar refractivity (Wildman–Crippen MR) is 86.1 cm³/mol. The number of hydrogen-bond donors (Lipinski definition) is 2. The Hall–Kier alpha value is -2.01. The Kier molecular flexibility index (Phi) is 4.23. The number of hydrogen-bond acceptors (Lipinski definition) is 2. The fraction of sp³-hybridized carbons (Fsp3) is 0.333. The summed E-state index contributed by atoms with van der Waals surface area (Å²) < 4.78 is 1.80. The highest BCUT2D eigenvalue weighted by Gasteiger charge is 2.14. The molecule has 0 atom stereocenters. The molecule has 0 fully saturated rings. The SMILES string of the molecule is Cc1cc(Cl)ccc1NC(=O)Nc1cnn(C(C)(C)C)c1. The molecule has 2 rings (SSSR count). The van der Waals surface area contributed by atoms with Gasteiger partial charge < -0.3 is 10.6 Å². The number of anilines is 2. The van der Waals surface area contributed by atoms with E-state index in [2.05, 4.69) is 15.7 Å². The van der Waals surface area contributed by atoms with E-state index >= 15 is 0 Å². The number of carbonyl (C=O) groups excluding carboxylic acids is 1. The third-order valence-corrected chi connectivity index (χ3v) is 3.20. The zero-order valence-electron chi connectivity index (χ0n) is 12.6. The molecule has 0 unspecified atom stereocenters. The number of nitrogens with zero attached hydrogens (tertiary/aromatic N) is 2. The lowest BCUT2D eigenvalue weighted by atomic mass is 10.1. The van der Waals surface area contributed by atoms with Crippen LogP contribution in [-0.4, -0.2) is 15.8 Å². The molecule has 0 saturated carbocycles. The fourth-order valence-corrected chi connectivity index (χ4v) is 2.03. The van der Waals surface area contributed by atoms with Crippen molar-refractivity contribution in [3.63, 3.8) is 0 Å². The van der Waals surface area contributed by atoms with E-state index < -0.39 is 0 Å². The number of urea groups is 1. The van der Waals surface area contributed by atoms with Crippen LogP contribution in [0.1, 0.15) is 26.3 Å². The van der Waals surface area contributed by atoms with E-state index in [4.69, 9.17) is 11.6 Å². The molecular formula is C15H19ClN4O. The molecule has 0 radical (unpaired) electrons. The lowest BCUT2D eigenvalue weighted by Crippen LogP contribution is -2.22. The summed E-state index contributed by atoms with van der Waals surface area (Å²) in [6.45, 7) is 8.02. The Morgan fingerprint density at radius 1 is 1.29 bits per heavy atom. The van der Waals surface area contributed by atoms with Crippen LogP contribution in [-0.2, 0) is 5.54 Å². The van der Waals surface area contributed by atoms with Crippen LogP contribution in [0.15, 0.2) is 30.6 Å². The molecule has 21 heavy (non-hydrogen) atoms. The third-order valence-electron chi connectivity index (χ3n) is 2.96. The minimum absolute atomic E-state index is 0.122. The van der Waals surface area contributed by atoms with E-state index in [9.17, 15) is 4.79 Å². The van der Waals surface area contributed by atoms with Crippen molar-refractivity contribution >= 4 is 29.0 Å². The Bertz CT molecular complexity index is 658. The first kappa shape index (κ1) is 15.4. The van der Waals surface area contributed by atoms with Gasteiger partial charge in [-0.15, -0.1) is 0 Å². The predicted octanol–water partition coefficient (Wildman–Crippen LogP) is 4.24. The molecule has 1 heterocycles. The van der Waals surface area contributed by atoms with Crippen molar-refractivity contribution in [1.82, 2.24) is 9.78 Å². The first-order chi connectivity index (χ1) is 9.75. The van der Waals surface area contributed by atoms with Crippen molar-refractivity contribution in [3.8, 4) is 0 Å². The van der Waals surface area contributed by atoms with Crippen molar-refractivity contribution in [2.45, 2.75) is 33.2 Å². The maximum absolute atomic E-state index is 12.0. The van der Waals surface area contributed by atoms with Gasteiger partial charge in [0.2, 0.25) is 0 Å². The number of halogens is 1. The van der Waals surface area contributed by atoms with Crippen molar-refractivity contribution in [2.24, 2.45) is 0 Å². The number of carbonyl (C=O) groups is 1. The van der Waals surface area contributed by atoms with E-state index in [0.717, 1.165) is 11.3 Å². The van der Waals surface area contributed by atoms with Gasteiger partial charge in [0.15, 0.2) is 0 Å².